The molecule has 3 rings (SSSR count). The van der Waals surface area contributed by atoms with E-state index < -0.39 is 5.72 Å². The van der Waals surface area contributed by atoms with E-state index in [4.69, 9.17) is 0 Å². The molecule has 1 saturated heterocycles. The third kappa shape index (κ3) is 1.76. The highest BCUT2D eigenvalue weighted by Crippen LogP contribution is 2.40. The summed E-state index contributed by atoms with van der Waals surface area (Å²) in [6, 6.07) is 5.68. The van der Waals surface area contributed by atoms with Crippen LogP contribution in [0.4, 0.5) is 5.69 Å². The summed E-state index contributed by atoms with van der Waals surface area (Å²) in [7, 11) is 0. The van der Waals surface area contributed by atoms with Gasteiger partial charge < -0.3 is 10.4 Å². The first-order valence-corrected chi connectivity index (χ1v) is 7.29. The van der Waals surface area contributed by atoms with Gasteiger partial charge in [0.05, 0.1) is 0 Å². The number of hydrogen-bond acceptors (Lipinski definition) is 3. The molecule has 1 aromatic carbocycles. The molecule has 1 fully saturated rings. The Morgan fingerprint density at radius 2 is 2.00 bits per heavy atom. The molecule has 1 aromatic rings. The van der Waals surface area contributed by atoms with Crippen molar-refractivity contribution in [2.75, 3.05) is 18.4 Å². The third-order valence-corrected chi connectivity index (χ3v) is 4.41. The fourth-order valence-corrected chi connectivity index (χ4v) is 3.27. The first-order valence-electron chi connectivity index (χ1n) is 6.21. The van der Waals surface area contributed by atoms with Crippen LogP contribution in [0.2, 0.25) is 0 Å². The lowest BCUT2D eigenvalue weighted by Crippen LogP contribution is -2.52. The Balaban J connectivity index is 2.05. The molecule has 1 atom stereocenters. The van der Waals surface area contributed by atoms with Crippen LogP contribution in [0.25, 0.3) is 0 Å². The predicted molar refractivity (Wildman–Crippen MR) is 77.1 cm³/mol. The molecule has 96 valence electrons. The molecule has 5 heteroatoms. The van der Waals surface area contributed by atoms with Crippen LogP contribution in [0.5, 0.6) is 0 Å². The number of hydrogen-bond donors (Lipinski definition) is 2. The average molecular weight is 358 g/mol. The molecular formula is C13H15IN2O2. The number of fused-ring (bicyclic) bond motifs is 1. The van der Waals surface area contributed by atoms with E-state index in [-0.39, 0.29) is 5.91 Å². The van der Waals surface area contributed by atoms with Crippen molar-refractivity contribution in [3.8, 4) is 0 Å². The SMILES string of the molecule is O=C1Nc2ccc(I)cc2[C@@]1(O)N1CCCCC1. The number of carbonyl (C=O) groups is 1. The Morgan fingerprint density at radius 1 is 1.28 bits per heavy atom. The van der Waals surface area contributed by atoms with E-state index in [1.165, 1.54) is 6.42 Å². The molecule has 0 radical (unpaired) electrons. The quantitative estimate of drug-likeness (QED) is 0.754. The smallest absolute Gasteiger partial charge is 0.276 e. The van der Waals surface area contributed by atoms with E-state index in [2.05, 4.69) is 27.9 Å². The van der Waals surface area contributed by atoms with Gasteiger partial charge >= 0.3 is 0 Å². The molecule has 2 aliphatic rings. The number of anilines is 1. The van der Waals surface area contributed by atoms with Crippen molar-refractivity contribution < 1.29 is 9.90 Å². The molecule has 0 unspecified atom stereocenters. The number of halogens is 1. The average Bonchev–Trinajstić information content (AvgIpc) is 2.64. The third-order valence-electron chi connectivity index (χ3n) is 3.74. The highest BCUT2D eigenvalue weighted by atomic mass is 127. The van der Waals surface area contributed by atoms with Gasteiger partial charge in [-0.15, -0.1) is 0 Å². The van der Waals surface area contributed by atoms with Crippen LogP contribution in [0.15, 0.2) is 18.2 Å². The lowest BCUT2D eigenvalue weighted by molar-refractivity contribution is -0.161. The topological polar surface area (TPSA) is 52.6 Å². The number of benzene rings is 1. The number of piperidine rings is 1. The number of aliphatic hydroxyl groups is 1. The molecule has 2 aliphatic heterocycles. The standard InChI is InChI=1S/C13H15IN2O2/c14-9-4-5-11-10(8-9)13(18,12(17)15-11)16-6-2-1-3-7-16/h4-5,8,18H,1-3,6-7H2,(H,15,17)/t13-/m0/s1. The summed E-state index contributed by atoms with van der Waals surface area (Å²) in [4.78, 5) is 14.1. The minimum absolute atomic E-state index is 0.318. The zero-order valence-corrected chi connectivity index (χ0v) is 12.1. The summed E-state index contributed by atoms with van der Waals surface area (Å²) in [5.41, 5.74) is -0.0495. The fourth-order valence-electron chi connectivity index (χ4n) is 2.78. The van der Waals surface area contributed by atoms with Gasteiger partial charge in [-0.2, -0.15) is 0 Å². The maximum atomic E-state index is 12.2. The van der Waals surface area contributed by atoms with Gasteiger partial charge in [0.2, 0.25) is 5.72 Å². The number of carbonyl (C=O) groups excluding carboxylic acids is 1. The molecule has 0 aromatic heterocycles. The number of nitrogens with zero attached hydrogens (tertiary/aromatic N) is 1. The number of nitrogens with one attached hydrogen (secondary N) is 1. The minimum Gasteiger partial charge on any atom is -0.364 e. The van der Waals surface area contributed by atoms with Crippen molar-refractivity contribution in [2.45, 2.75) is 25.0 Å². The van der Waals surface area contributed by atoms with E-state index in [0.29, 0.717) is 5.56 Å². The normalized spacial score (nSPS) is 28.0. The summed E-state index contributed by atoms with van der Waals surface area (Å²) in [5, 5.41) is 13.7. The van der Waals surface area contributed by atoms with Crippen LogP contribution in [0.1, 0.15) is 24.8 Å². The van der Waals surface area contributed by atoms with Gasteiger partial charge in [-0.1, -0.05) is 6.42 Å². The largest absolute Gasteiger partial charge is 0.364 e. The van der Waals surface area contributed by atoms with Gasteiger partial charge in [-0.3, -0.25) is 9.69 Å². The lowest BCUT2D eigenvalue weighted by atomic mass is 9.99. The second kappa shape index (κ2) is 4.47. The Labute approximate surface area is 120 Å². The highest BCUT2D eigenvalue weighted by molar-refractivity contribution is 14.1. The second-order valence-corrected chi connectivity index (χ2v) is 6.11. The molecule has 0 saturated carbocycles. The summed E-state index contributed by atoms with van der Waals surface area (Å²) < 4.78 is 1.03. The van der Waals surface area contributed by atoms with Crippen LogP contribution in [-0.4, -0.2) is 29.0 Å². The van der Waals surface area contributed by atoms with Crippen molar-refractivity contribution in [1.29, 1.82) is 0 Å². The van der Waals surface area contributed by atoms with Crippen LogP contribution in [0.3, 0.4) is 0 Å². The summed E-state index contributed by atoms with van der Waals surface area (Å²) in [5.74, 6) is -0.318. The monoisotopic (exact) mass is 358 g/mol. The molecule has 1 amide bonds. The first kappa shape index (κ1) is 12.4. The molecule has 0 bridgehead atoms. The Bertz CT molecular complexity index is 500. The predicted octanol–water partition coefficient (Wildman–Crippen LogP) is 1.87. The summed E-state index contributed by atoms with van der Waals surface area (Å²) in [6.45, 7) is 1.55. The minimum atomic E-state index is -1.48. The van der Waals surface area contributed by atoms with E-state index in [0.717, 1.165) is 35.2 Å². The van der Waals surface area contributed by atoms with E-state index >= 15 is 0 Å². The second-order valence-electron chi connectivity index (χ2n) is 4.86. The zero-order valence-electron chi connectivity index (χ0n) is 9.95. The molecule has 18 heavy (non-hydrogen) atoms. The fraction of sp³-hybridized carbons (Fsp3) is 0.462. The molecule has 2 heterocycles. The zero-order chi connectivity index (χ0) is 12.8. The highest BCUT2D eigenvalue weighted by Gasteiger charge is 2.50. The van der Waals surface area contributed by atoms with E-state index in [9.17, 15) is 9.90 Å². The van der Waals surface area contributed by atoms with Gasteiger partial charge in [0.25, 0.3) is 5.91 Å². The Hall–Kier alpha value is -0.660. The van der Waals surface area contributed by atoms with Crippen molar-refractivity contribution in [3.63, 3.8) is 0 Å². The Morgan fingerprint density at radius 3 is 2.72 bits per heavy atom. The van der Waals surface area contributed by atoms with Crippen molar-refractivity contribution >= 4 is 34.2 Å². The van der Waals surface area contributed by atoms with Crippen LogP contribution in [0, 0.1) is 3.57 Å². The maximum Gasteiger partial charge on any atom is 0.276 e. The van der Waals surface area contributed by atoms with Gasteiger partial charge in [0.1, 0.15) is 0 Å². The lowest BCUT2D eigenvalue weighted by Gasteiger charge is -2.37. The van der Waals surface area contributed by atoms with E-state index in [1.54, 1.807) is 0 Å². The molecular weight excluding hydrogens is 343 g/mol. The van der Waals surface area contributed by atoms with Crippen molar-refractivity contribution in [2.24, 2.45) is 0 Å². The number of rotatable bonds is 1. The van der Waals surface area contributed by atoms with Gasteiger partial charge in [0, 0.05) is 27.9 Å². The molecule has 2 N–H and O–H groups in total. The number of amides is 1. The van der Waals surface area contributed by atoms with Crippen LogP contribution >= 0.6 is 22.6 Å². The van der Waals surface area contributed by atoms with Gasteiger partial charge in [-0.25, -0.2) is 0 Å². The van der Waals surface area contributed by atoms with Crippen molar-refractivity contribution in [1.82, 2.24) is 4.90 Å². The summed E-state index contributed by atoms with van der Waals surface area (Å²) in [6.07, 6.45) is 3.25. The van der Waals surface area contributed by atoms with Crippen LogP contribution in [-0.2, 0) is 10.5 Å². The van der Waals surface area contributed by atoms with Crippen molar-refractivity contribution in [3.05, 3.63) is 27.3 Å². The summed E-state index contributed by atoms with van der Waals surface area (Å²) >= 11 is 2.20. The van der Waals surface area contributed by atoms with Gasteiger partial charge in [0.15, 0.2) is 0 Å². The first-order chi connectivity index (χ1) is 8.62. The Kier molecular flexibility index (Phi) is 3.07. The molecule has 4 nitrogen and oxygen atoms in total. The molecule has 0 spiro atoms. The number of likely N-dealkylation sites (tertiary alicyclic amines) is 1. The van der Waals surface area contributed by atoms with E-state index in [1.807, 2.05) is 23.1 Å². The van der Waals surface area contributed by atoms with Gasteiger partial charge in [-0.05, 0) is 53.6 Å². The van der Waals surface area contributed by atoms with Crippen LogP contribution < -0.4 is 5.32 Å². The molecule has 0 aliphatic carbocycles. The maximum absolute atomic E-state index is 12.2.